The Morgan fingerprint density at radius 1 is 1.25 bits per heavy atom. The Bertz CT molecular complexity index is 765. The molecule has 1 fully saturated rings. The lowest BCUT2D eigenvalue weighted by Crippen LogP contribution is -2.43. The van der Waals surface area contributed by atoms with Crippen molar-refractivity contribution in [3.63, 3.8) is 0 Å². The monoisotopic (exact) mass is 354 g/mol. The standard InChI is InChI=1S/C16H22N2O5S/c1-4-18(5-2)24(22,23)13-10-12(7-6-11(13)3)14(19)17-16(8-9-16)15(20)21/h6-7,10H,4-5,8-9H2,1-3H3,(H,17,19)(H,20,21). The third kappa shape index (κ3) is 3.29. The predicted octanol–water partition coefficient (Wildman–Crippen LogP) is 1.37. The number of carboxylic acids is 1. The van der Waals surface area contributed by atoms with Crippen molar-refractivity contribution in [2.24, 2.45) is 0 Å². The molecule has 1 amide bonds. The number of nitrogens with one attached hydrogen (secondary N) is 1. The normalized spacial score (nSPS) is 16.0. The lowest BCUT2D eigenvalue weighted by Gasteiger charge is -2.20. The lowest BCUT2D eigenvalue weighted by molar-refractivity contribution is -0.140. The summed E-state index contributed by atoms with van der Waals surface area (Å²) in [6, 6.07) is 4.38. The number of amides is 1. The minimum atomic E-state index is -3.70. The number of hydrogen-bond donors (Lipinski definition) is 2. The highest BCUT2D eigenvalue weighted by Gasteiger charge is 2.51. The summed E-state index contributed by atoms with van der Waals surface area (Å²) in [6.07, 6.45) is 0.759. The summed E-state index contributed by atoms with van der Waals surface area (Å²) in [5.41, 5.74) is -0.531. The molecule has 0 bridgehead atoms. The van der Waals surface area contributed by atoms with Crippen LogP contribution in [0.3, 0.4) is 0 Å². The lowest BCUT2D eigenvalue weighted by atomic mass is 10.1. The van der Waals surface area contributed by atoms with Crippen LogP contribution in [0.5, 0.6) is 0 Å². The first-order valence-electron chi connectivity index (χ1n) is 7.84. The summed E-state index contributed by atoms with van der Waals surface area (Å²) in [4.78, 5) is 23.6. The number of carbonyl (C=O) groups excluding carboxylic acids is 1. The van der Waals surface area contributed by atoms with Crippen molar-refractivity contribution in [1.29, 1.82) is 0 Å². The van der Waals surface area contributed by atoms with E-state index in [2.05, 4.69) is 5.32 Å². The molecule has 1 saturated carbocycles. The molecule has 1 aromatic rings. The van der Waals surface area contributed by atoms with Crippen molar-refractivity contribution in [3.05, 3.63) is 29.3 Å². The number of aliphatic carboxylic acids is 1. The van der Waals surface area contributed by atoms with E-state index in [0.29, 0.717) is 31.5 Å². The molecular formula is C16H22N2O5S. The quantitative estimate of drug-likeness (QED) is 0.770. The zero-order valence-electron chi connectivity index (χ0n) is 14.0. The van der Waals surface area contributed by atoms with Crippen molar-refractivity contribution in [2.75, 3.05) is 13.1 Å². The highest BCUT2D eigenvalue weighted by atomic mass is 32.2. The van der Waals surface area contributed by atoms with Crippen molar-refractivity contribution in [2.45, 2.75) is 44.0 Å². The zero-order chi connectivity index (χ0) is 18.1. The molecule has 0 heterocycles. The molecule has 0 radical (unpaired) electrons. The molecule has 7 nitrogen and oxygen atoms in total. The fraction of sp³-hybridized carbons (Fsp3) is 0.500. The number of hydrogen-bond acceptors (Lipinski definition) is 4. The Labute approximate surface area is 141 Å². The zero-order valence-corrected chi connectivity index (χ0v) is 14.8. The predicted molar refractivity (Wildman–Crippen MR) is 88.4 cm³/mol. The van der Waals surface area contributed by atoms with Crippen LogP contribution in [0.25, 0.3) is 0 Å². The number of benzene rings is 1. The van der Waals surface area contributed by atoms with Gasteiger partial charge in [0.05, 0.1) is 4.90 Å². The van der Waals surface area contributed by atoms with E-state index in [1.54, 1.807) is 26.8 Å². The summed E-state index contributed by atoms with van der Waals surface area (Å²) >= 11 is 0. The number of carbonyl (C=O) groups is 2. The van der Waals surface area contributed by atoms with Crippen molar-refractivity contribution in [3.8, 4) is 0 Å². The van der Waals surface area contributed by atoms with Gasteiger partial charge in [0.15, 0.2) is 0 Å². The third-order valence-corrected chi connectivity index (χ3v) is 6.48. The largest absolute Gasteiger partial charge is 0.480 e. The summed E-state index contributed by atoms with van der Waals surface area (Å²) in [5, 5.41) is 11.6. The molecular weight excluding hydrogens is 332 g/mol. The van der Waals surface area contributed by atoms with Crippen LogP contribution in [-0.2, 0) is 14.8 Å². The van der Waals surface area contributed by atoms with Gasteiger partial charge in [-0.15, -0.1) is 0 Å². The Balaban J connectivity index is 2.35. The number of rotatable bonds is 7. The maximum absolute atomic E-state index is 12.7. The molecule has 0 aliphatic heterocycles. The molecule has 1 aliphatic rings. The first kappa shape index (κ1) is 18.4. The first-order valence-corrected chi connectivity index (χ1v) is 9.28. The van der Waals surface area contributed by atoms with Crippen LogP contribution in [0.4, 0.5) is 0 Å². The van der Waals surface area contributed by atoms with Gasteiger partial charge in [-0.3, -0.25) is 4.79 Å². The van der Waals surface area contributed by atoms with E-state index < -0.39 is 27.4 Å². The Morgan fingerprint density at radius 2 is 1.83 bits per heavy atom. The second kappa shape index (κ2) is 6.52. The minimum absolute atomic E-state index is 0.0685. The van der Waals surface area contributed by atoms with Gasteiger partial charge in [0.25, 0.3) is 5.91 Å². The van der Waals surface area contributed by atoms with Crippen LogP contribution in [-0.4, -0.2) is 48.3 Å². The molecule has 2 N–H and O–H groups in total. The Morgan fingerprint density at radius 3 is 2.29 bits per heavy atom. The van der Waals surface area contributed by atoms with Crippen LogP contribution < -0.4 is 5.32 Å². The number of sulfonamides is 1. The topological polar surface area (TPSA) is 104 Å². The molecule has 1 aromatic carbocycles. The maximum atomic E-state index is 12.7. The summed E-state index contributed by atoms with van der Waals surface area (Å²) in [6.45, 7) is 5.82. The van der Waals surface area contributed by atoms with Gasteiger partial charge in [-0.25, -0.2) is 13.2 Å². The van der Waals surface area contributed by atoms with Crippen LogP contribution in [0, 0.1) is 6.92 Å². The van der Waals surface area contributed by atoms with Gasteiger partial charge < -0.3 is 10.4 Å². The fourth-order valence-electron chi connectivity index (χ4n) is 2.53. The van der Waals surface area contributed by atoms with Gasteiger partial charge in [-0.1, -0.05) is 19.9 Å². The van der Waals surface area contributed by atoms with Gasteiger partial charge in [-0.2, -0.15) is 4.31 Å². The molecule has 132 valence electrons. The second-order valence-corrected chi connectivity index (χ2v) is 7.82. The molecule has 0 atom stereocenters. The summed E-state index contributed by atoms with van der Waals surface area (Å²) in [5.74, 6) is -1.65. The summed E-state index contributed by atoms with van der Waals surface area (Å²) < 4.78 is 26.7. The minimum Gasteiger partial charge on any atom is -0.480 e. The number of aryl methyl sites for hydroxylation is 1. The maximum Gasteiger partial charge on any atom is 0.329 e. The molecule has 24 heavy (non-hydrogen) atoms. The Kier molecular flexibility index (Phi) is 5.00. The van der Waals surface area contributed by atoms with Gasteiger partial charge in [-0.05, 0) is 37.5 Å². The van der Waals surface area contributed by atoms with Crippen molar-refractivity contribution < 1.29 is 23.1 Å². The van der Waals surface area contributed by atoms with Crippen LogP contribution in [0.1, 0.15) is 42.6 Å². The smallest absolute Gasteiger partial charge is 0.329 e. The van der Waals surface area contributed by atoms with E-state index in [1.807, 2.05) is 0 Å². The van der Waals surface area contributed by atoms with E-state index >= 15 is 0 Å². The van der Waals surface area contributed by atoms with E-state index in [-0.39, 0.29) is 10.5 Å². The number of nitrogens with zero attached hydrogens (tertiary/aromatic N) is 1. The summed E-state index contributed by atoms with van der Waals surface area (Å²) in [7, 11) is -3.70. The number of carboxylic acid groups (broad SMARTS) is 1. The van der Waals surface area contributed by atoms with E-state index in [9.17, 15) is 18.0 Å². The molecule has 1 aliphatic carbocycles. The van der Waals surface area contributed by atoms with Crippen molar-refractivity contribution >= 4 is 21.9 Å². The van der Waals surface area contributed by atoms with Crippen molar-refractivity contribution in [1.82, 2.24) is 9.62 Å². The van der Waals surface area contributed by atoms with E-state index in [1.165, 1.54) is 16.4 Å². The average Bonchev–Trinajstić information content (AvgIpc) is 3.29. The molecule has 0 spiro atoms. The van der Waals surface area contributed by atoms with Gasteiger partial charge in [0, 0.05) is 18.7 Å². The van der Waals surface area contributed by atoms with Gasteiger partial charge in [0.1, 0.15) is 5.54 Å². The highest BCUT2D eigenvalue weighted by molar-refractivity contribution is 7.89. The van der Waals surface area contributed by atoms with E-state index in [0.717, 1.165) is 0 Å². The van der Waals surface area contributed by atoms with Gasteiger partial charge in [0.2, 0.25) is 10.0 Å². The molecule has 8 heteroatoms. The fourth-order valence-corrected chi connectivity index (χ4v) is 4.24. The molecule has 2 rings (SSSR count). The highest BCUT2D eigenvalue weighted by Crippen LogP contribution is 2.36. The average molecular weight is 354 g/mol. The van der Waals surface area contributed by atoms with Crippen LogP contribution >= 0.6 is 0 Å². The van der Waals surface area contributed by atoms with E-state index in [4.69, 9.17) is 5.11 Å². The van der Waals surface area contributed by atoms with Crippen LogP contribution in [0.15, 0.2) is 23.1 Å². The van der Waals surface area contributed by atoms with Gasteiger partial charge >= 0.3 is 5.97 Å². The molecule has 0 aromatic heterocycles. The van der Waals surface area contributed by atoms with Crippen LogP contribution in [0.2, 0.25) is 0 Å². The third-order valence-electron chi connectivity index (χ3n) is 4.29. The first-order chi connectivity index (χ1) is 11.2. The molecule has 0 saturated heterocycles. The Hall–Kier alpha value is -1.93. The SMILES string of the molecule is CCN(CC)S(=O)(=O)c1cc(C(=O)NC2(C(=O)O)CC2)ccc1C. The second-order valence-electron chi connectivity index (χ2n) is 5.91. The molecule has 0 unspecified atom stereocenters.